The van der Waals surface area contributed by atoms with E-state index in [0.29, 0.717) is 12.8 Å². The van der Waals surface area contributed by atoms with E-state index in [1.807, 2.05) is 30.3 Å². The lowest BCUT2D eigenvalue weighted by Gasteiger charge is -2.36. The number of likely N-dealkylation sites (N-methyl/N-ethyl adjacent to an activating group) is 1. The van der Waals surface area contributed by atoms with Gasteiger partial charge in [0.05, 0.1) is 12.1 Å². The van der Waals surface area contributed by atoms with Crippen LogP contribution in [0.2, 0.25) is 0 Å². The third kappa shape index (κ3) is 5.61. The van der Waals surface area contributed by atoms with Gasteiger partial charge in [-0.3, -0.25) is 14.4 Å². The van der Waals surface area contributed by atoms with Crippen LogP contribution in [0.25, 0.3) is 0 Å². The highest BCUT2D eigenvalue weighted by molar-refractivity contribution is 6.32. The molecule has 3 amide bonds. The zero-order valence-corrected chi connectivity index (χ0v) is 19.8. The van der Waals surface area contributed by atoms with Crippen molar-refractivity contribution < 1.29 is 14.4 Å². The minimum absolute atomic E-state index is 0.0368. The topological polar surface area (TPSA) is 153 Å². The summed E-state index contributed by atoms with van der Waals surface area (Å²) in [6.07, 6.45) is 5.45. The van der Waals surface area contributed by atoms with Crippen LogP contribution >= 0.6 is 0 Å². The van der Waals surface area contributed by atoms with Gasteiger partial charge < -0.3 is 32.1 Å². The number of hydrogen-bond donors (Lipinski definition) is 5. The summed E-state index contributed by atoms with van der Waals surface area (Å²) in [5, 5.41) is 20.1. The number of benzene rings is 1. The van der Waals surface area contributed by atoms with E-state index in [1.165, 1.54) is 0 Å². The highest BCUT2D eigenvalue weighted by Crippen LogP contribution is 2.32. The fourth-order valence-corrected chi connectivity index (χ4v) is 4.76. The van der Waals surface area contributed by atoms with Gasteiger partial charge in [0, 0.05) is 12.3 Å². The molecule has 5 atom stereocenters. The molecule has 0 unspecified atom stereocenters. The molecule has 0 saturated carbocycles. The normalized spacial score (nSPS) is 24.9. The standard InChI is InChI=1S/C24H35N7O3/c1-15(27-2)22(32)28-18-11-7-6-10-17-12-13-20(31(17)24(18)34)23(33)29-21(19(14-25)30-26)16-8-4-3-5-9-16/h3-5,8-9,14-15,17-18,20-21,25,27H,6-7,10-13,26H2,1-2H3,(H,28,32)(H,29,33)/t15-,17-,18-,20-,21-/m0/s1. The van der Waals surface area contributed by atoms with Crippen molar-refractivity contribution in [2.24, 2.45) is 10.9 Å². The number of carbonyl (C=O) groups is 3. The van der Waals surface area contributed by atoms with Crippen molar-refractivity contribution in [2.75, 3.05) is 7.05 Å². The Labute approximate surface area is 200 Å². The molecule has 1 aromatic carbocycles. The van der Waals surface area contributed by atoms with Crippen LogP contribution in [0.4, 0.5) is 0 Å². The van der Waals surface area contributed by atoms with Crippen LogP contribution in [-0.2, 0) is 14.4 Å². The molecule has 0 radical (unpaired) electrons. The number of hydrazone groups is 1. The molecule has 0 bridgehead atoms. The molecule has 2 saturated heterocycles. The van der Waals surface area contributed by atoms with Gasteiger partial charge in [-0.05, 0) is 45.2 Å². The van der Waals surface area contributed by atoms with Gasteiger partial charge in [0.15, 0.2) is 0 Å². The molecule has 1 aromatic rings. The van der Waals surface area contributed by atoms with E-state index in [-0.39, 0.29) is 29.5 Å². The molecule has 0 aromatic heterocycles. The second-order valence-electron chi connectivity index (χ2n) is 8.90. The van der Waals surface area contributed by atoms with Crippen molar-refractivity contribution in [3.8, 4) is 0 Å². The Kier molecular flexibility index (Phi) is 8.75. The molecule has 2 aliphatic heterocycles. The molecule has 0 spiro atoms. The summed E-state index contributed by atoms with van der Waals surface area (Å²) < 4.78 is 0. The van der Waals surface area contributed by atoms with Crippen LogP contribution in [0.15, 0.2) is 35.4 Å². The first-order valence-corrected chi connectivity index (χ1v) is 11.8. The Bertz CT molecular complexity index is 920. The smallest absolute Gasteiger partial charge is 0.246 e. The van der Waals surface area contributed by atoms with Crippen molar-refractivity contribution in [2.45, 2.75) is 75.7 Å². The quantitative estimate of drug-likeness (QED) is 0.217. The predicted octanol–water partition coefficient (Wildman–Crippen LogP) is 0.834. The first-order chi connectivity index (χ1) is 16.4. The first kappa shape index (κ1) is 25.4. The lowest BCUT2D eigenvalue weighted by atomic mass is 9.98. The first-order valence-electron chi connectivity index (χ1n) is 11.8. The highest BCUT2D eigenvalue weighted by Gasteiger charge is 2.44. The fourth-order valence-electron chi connectivity index (χ4n) is 4.76. The summed E-state index contributed by atoms with van der Waals surface area (Å²) in [5.41, 5.74) is 0.947. The molecule has 3 rings (SSSR count). The highest BCUT2D eigenvalue weighted by atomic mass is 16.2. The van der Waals surface area contributed by atoms with E-state index in [1.54, 1.807) is 18.9 Å². The maximum Gasteiger partial charge on any atom is 0.246 e. The van der Waals surface area contributed by atoms with Crippen LogP contribution in [0.3, 0.4) is 0 Å². The zero-order chi connectivity index (χ0) is 24.7. The zero-order valence-electron chi connectivity index (χ0n) is 19.8. The number of nitrogens with two attached hydrogens (primary N) is 1. The summed E-state index contributed by atoms with van der Waals surface area (Å²) in [6, 6.07) is 6.69. The van der Waals surface area contributed by atoms with Crippen LogP contribution < -0.4 is 21.8 Å². The lowest BCUT2D eigenvalue weighted by molar-refractivity contribution is -0.144. The van der Waals surface area contributed by atoms with Crippen LogP contribution in [0.1, 0.15) is 57.1 Å². The molecular weight excluding hydrogens is 434 g/mol. The molecule has 6 N–H and O–H groups in total. The number of rotatable bonds is 8. The van der Waals surface area contributed by atoms with Crippen LogP contribution in [-0.4, -0.2) is 65.8 Å². The third-order valence-corrected chi connectivity index (χ3v) is 6.79. The Morgan fingerprint density at radius 1 is 1.18 bits per heavy atom. The van der Waals surface area contributed by atoms with Crippen molar-refractivity contribution in [1.29, 1.82) is 5.41 Å². The van der Waals surface area contributed by atoms with Gasteiger partial charge in [-0.25, -0.2) is 0 Å². The summed E-state index contributed by atoms with van der Waals surface area (Å²) >= 11 is 0. The molecule has 10 nitrogen and oxygen atoms in total. The molecule has 2 heterocycles. The summed E-state index contributed by atoms with van der Waals surface area (Å²) in [5.74, 6) is 4.72. The van der Waals surface area contributed by atoms with E-state index in [0.717, 1.165) is 37.5 Å². The third-order valence-electron chi connectivity index (χ3n) is 6.79. The Balaban J connectivity index is 1.82. The van der Waals surface area contributed by atoms with Gasteiger partial charge in [-0.15, -0.1) is 0 Å². The largest absolute Gasteiger partial charge is 0.343 e. The average molecular weight is 470 g/mol. The molecule has 34 heavy (non-hydrogen) atoms. The van der Waals surface area contributed by atoms with E-state index in [4.69, 9.17) is 11.3 Å². The predicted molar refractivity (Wildman–Crippen MR) is 130 cm³/mol. The number of hydrogen-bond acceptors (Lipinski definition) is 7. The second-order valence-corrected chi connectivity index (χ2v) is 8.90. The van der Waals surface area contributed by atoms with E-state index >= 15 is 0 Å². The molecule has 2 aliphatic rings. The monoisotopic (exact) mass is 469 g/mol. The van der Waals surface area contributed by atoms with Crippen LogP contribution in [0, 0.1) is 5.41 Å². The minimum Gasteiger partial charge on any atom is -0.343 e. The van der Waals surface area contributed by atoms with Crippen molar-refractivity contribution in [3.63, 3.8) is 0 Å². The van der Waals surface area contributed by atoms with E-state index in [9.17, 15) is 14.4 Å². The summed E-state index contributed by atoms with van der Waals surface area (Å²) in [4.78, 5) is 41.2. The summed E-state index contributed by atoms with van der Waals surface area (Å²) in [7, 11) is 1.69. The molecule has 0 aliphatic carbocycles. The summed E-state index contributed by atoms with van der Waals surface area (Å²) in [6.45, 7) is 1.74. The van der Waals surface area contributed by atoms with Crippen LogP contribution in [0.5, 0.6) is 0 Å². The number of carbonyl (C=O) groups excluding carboxylic acids is 3. The Morgan fingerprint density at radius 3 is 2.53 bits per heavy atom. The van der Waals surface area contributed by atoms with Gasteiger partial charge in [0.1, 0.15) is 17.8 Å². The average Bonchev–Trinajstić information content (AvgIpc) is 3.27. The Hall–Kier alpha value is -3.27. The number of fused-ring (bicyclic) bond motifs is 1. The van der Waals surface area contributed by atoms with Gasteiger partial charge in [-0.1, -0.05) is 43.2 Å². The van der Waals surface area contributed by atoms with Gasteiger partial charge in [-0.2, -0.15) is 5.10 Å². The number of nitrogens with zero attached hydrogens (tertiary/aromatic N) is 2. The van der Waals surface area contributed by atoms with Crippen molar-refractivity contribution in [3.05, 3.63) is 35.9 Å². The molecule has 10 heteroatoms. The van der Waals surface area contributed by atoms with Crippen molar-refractivity contribution >= 4 is 29.6 Å². The minimum atomic E-state index is -0.702. The number of amides is 3. The van der Waals surface area contributed by atoms with Gasteiger partial charge in [0.25, 0.3) is 0 Å². The van der Waals surface area contributed by atoms with Gasteiger partial charge >= 0.3 is 0 Å². The number of nitrogens with one attached hydrogen (secondary N) is 4. The maximum atomic E-state index is 13.6. The molecular formula is C24H35N7O3. The molecule has 184 valence electrons. The van der Waals surface area contributed by atoms with E-state index in [2.05, 4.69) is 21.1 Å². The lowest BCUT2D eigenvalue weighted by Crippen LogP contribution is -2.58. The van der Waals surface area contributed by atoms with Gasteiger partial charge in [0.2, 0.25) is 17.7 Å². The Morgan fingerprint density at radius 2 is 1.88 bits per heavy atom. The second kappa shape index (κ2) is 11.7. The van der Waals surface area contributed by atoms with E-state index < -0.39 is 24.2 Å². The SMILES string of the molecule is CN[C@@H](C)C(=O)N[C@H]1CCCC[C@H]2CC[C@@H](C(=O)N[C@H](C(C=N)=NN)c3ccccc3)N2C1=O. The maximum absolute atomic E-state index is 13.6. The molecule has 2 fully saturated rings. The fraction of sp³-hybridized carbons (Fsp3) is 0.542. The van der Waals surface area contributed by atoms with Crippen molar-refractivity contribution in [1.82, 2.24) is 20.9 Å².